The molecule has 0 saturated heterocycles. The van der Waals surface area contributed by atoms with Crippen molar-refractivity contribution in [2.75, 3.05) is 11.9 Å². The molecule has 0 saturated carbocycles. The summed E-state index contributed by atoms with van der Waals surface area (Å²) in [4.78, 5) is 4.22. The van der Waals surface area contributed by atoms with Gasteiger partial charge in [-0.15, -0.1) is 0 Å². The third-order valence-electron chi connectivity index (χ3n) is 3.36. The lowest BCUT2D eigenvalue weighted by Crippen LogP contribution is -2.23. The average Bonchev–Trinajstić information content (AvgIpc) is 2.43. The highest BCUT2D eigenvalue weighted by Gasteiger charge is 2.07. The number of guanidine groups is 1. The topological polar surface area (TPSA) is 70.6 Å². The van der Waals surface area contributed by atoms with Gasteiger partial charge in [0.25, 0.3) is 0 Å². The molecular formula is C18H23N3O. The van der Waals surface area contributed by atoms with Crippen molar-refractivity contribution in [3.63, 3.8) is 0 Å². The minimum atomic E-state index is -0.653. The number of nitrogens with zero attached hydrogens (tertiary/aromatic N) is 1. The maximum absolute atomic E-state index is 10.2. The molecule has 1 unspecified atom stereocenters. The van der Waals surface area contributed by atoms with Crippen LogP contribution < -0.4 is 11.1 Å². The quantitative estimate of drug-likeness (QED) is 0.600. The van der Waals surface area contributed by atoms with E-state index in [1.165, 1.54) is 0 Å². The first-order valence-electron chi connectivity index (χ1n) is 7.34. The molecule has 0 bridgehead atoms. The van der Waals surface area contributed by atoms with Crippen LogP contribution in [0.4, 0.5) is 5.69 Å². The van der Waals surface area contributed by atoms with Crippen LogP contribution in [0.2, 0.25) is 0 Å². The molecule has 0 radical (unpaired) electrons. The van der Waals surface area contributed by atoms with E-state index in [1.807, 2.05) is 57.2 Å². The first kappa shape index (κ1) is 16.0. The fourth-order valence-corrected chi connectivity index (χ4v) is 2.40. The molecule has 0 aromatic heterocycles. The van der Waals surface area contributed by atoms with Crippen molar-refractivity contribution in [2.45, 2.75) is 26.9 Å². The van der Waals surface area contributed by atoms with E-state index in [0.29, 0.717) is 5.96 Å². The monoisotopic (exact) mass is 297 g/mol. The number of benzene rings is 2. The summed E-state index contributed by atoms with van der Waals surface area (Å²) in [6.07, 6.45) is -0.653. The Morgan fingerprint density at radius 1 is 1.09 bits per heavy atom. The molecule has 0 amide bonds. The highest BCUT2D eigenvalue weighted by Crippen LogP contribution is 2.15. The molecule has 2 aromatic rings. The largest absolute Gasteiger partial charge is 0.386 e. The molecule has 0 aliphatic rings. The van der Waals surface area contributed by atoms with E-state index < -0.39 is 6.10 Å². The van der Waals surface area contributed by atoms with Gasteiger partial charge in [-0.25, -0.2) is 0 Å². The van der Waals surface area contributed by atoms with E-state index in [9.17, 15) is 5.11 Å². The van der Waals surface area contributed by atoms with Crippen LogP contribution in [0.5, 0.6) is 0 Å². The lowest BCUT2D eigenvalue weighted by molar-refractivity contribution is 0.187. The van der Waals surface area contributed by atoms with Crippen LogP contribution in [0, 0.1) is 20.8 Å². The van der Waals surface area contributed by atoms with Crippen LogP contribution in [-0.2, 0) is 0 Å². The molecule has 4 N–H and O–H groups in total. The summed E-state index contributed by atoms with van der Waals surface area (Å²) >= 11 is 0. The fourth-order valence-electron chi connectivity index (χ4n) is 2.40. The molecule has 2 rings (SSSR count). The zero-order valence-electron chi connectivity index (χ0n) is 13.3. The average molecular weight is 297 g/mol. The van der Waals surface area contributed by atoms with Crippen LogP contribution in [0.25, 0.3) is 0 Å². The molecule has 0 heterocycles. The standard InChI is InChI=1S/C18H23N3O/c1-12-5-4-6-15(8-12)17(22)11-20-18(19)21-16-9-13(2)7-14(3)10-16/h4-10,17,22H,11H2,1-3H3,(H3,19,20,21). The summed E-state index contributed by atoms with van der Waals surface area (Å²) < 4.78 is 0. The minimum absolute atomic E-state index is 0.229. The van der Waals surface area contributed by atoms with Gasteiger partial charge in [-0.3, -0.25) is 4.99 Å². The molecular weight excluding hydrogens is 274 g/mol. The van der Waals surface area contributed by atoms with E-state index >= 15 is 0 Å². The van der Waals surface area contributed by atoms with Crippen LogP contribution in [0.15, 0.2) is 47.5 Å². The molecule has 0 aliphatic heterocycles. The number of rotatable bonds is 4. The molecule has 4 nitrogen and oxygen atoms in total. The van der Waals surface area contributed by atoms with E-state index in [1.54, 1.807) is 0 Å². The Hall–Kier alpha value is -2.33. The molecule has 0 aliphatic carbocycles. The lowest BCUT2D eigenvalue weighted by atomic mass is 10.1. The van der Waals surface area contributed by atoms with Crippen molar-refractivity contribution >= 4 is 11.6 Å². The predicted molar refractivity (Wildman–Crippen MR) is 92.2 cm³/mol. The number of aliphatic imine (C=N–C) groups is 1. The Balaban J connectivity index is 2.00. The van der Waals surface area contributed by atoms with Gasteiger partial charge in [-0.05, 0) is 49.6 Å². The van der Waals surface area contributed by atoms with E-state index in [2.05, 4.69) is 16.4 Å². The van der Waals surface area contributed by atoms with Crippen molar-refractivity contribution in [2.24, 2.45) is 10.7 Å². The maximum Gasteiger partial charge on any atom is 0.193 e. The third kappa shape index (κ3) is 4.60. The van der Waals surface area contributed by atoms with Gasteiger partial charge >= 0.3 is 0 Å². The number of aliphatic hydroxyl groups is 1. The highest BCUT2D eigenvalue weighted by atomic mass is 16.3. The Labute approximate surface area is 131 Å². The van der Waals surface area contributed by atoms with Crippen LogP contribution in [0.3, 0.4) is 0 Å². The molecule has 0 spiro atoms. The van der Waals surface area contributed by atoms with Crippen molar-refractivity contribution < 1.29 is 5.11 Å². The number of hydrogen-bond donors (Lipinski definition) is 3. The van der Waals surface area contributed by atoms with Crippen LogP contribution in [-0.4, -0.2) is 17.6 Å². The minimum Gasteiger partial charge on any atom is -0.386 e. The number of hydrogen-bond acceptors (Lipinski definition) is 2. The summed E-state index contributed by atoms with van der Waals surface area (Å²) in [5.74, 6) is 0.303. The Kier molecular flexibility index (Phi) is 5.17. The normalized spacial score (nSPS) is 13.0. The molecule has 1 atom stereocenters. The van der Waals surface area contributed by atoms with Gasteiger partial charge in [0.2, 0.25) is 0 Å². The van der Waals surface area contributed by atoms with Gasteiger partial charge in [0.15, 0.2) is 5.96 Å². The van der Waals surface area contributed by atoms with Gasteiger partial charge in [0, 0.05) is 5.69 Å². The second kappa shape index (κ2) is 7.09. The van der Waals surface area contributed by atoms with Gasteiger partial charge in [-0.2, -0.15) is 0 Å². The van der Waals surface area contributed by atoms with Crippen molar-refractivity contribution in [3.05, 3.63) is 64.7 Å². The molecule has 116 valence electrons. The first-order valence-corrected chi connectivity index (χ1v) is 7.34. The molecule has 22 heavy (non-hydrogen) atoms. The Morgan fingerprint density at radius 2 is 1.77 bits per heavy atom. The maximum atomic E-state index is 10.2. The van der Waals surface area contributed by atoms with E-state index in [-0.39, 0.29) is 6.54 Å². The van der Waals surface area contributed by atoms with E-state index in [0.717, 1.165) is 27.9 Å². The SMILES string of the molecule is Cc1cc(C)cc(NC(N)=NCC(O)c2cccc(C)c2)c1. The fraction of sp³-hybridized carbons (Fsp3) is 0.278. The number of nitrogens with two attached hydrogens (primary N) is 1. The van der Waals surface area contributed by atoms with Gasteiger partial charge in [-0.1, -0.05) is 35.9 Å². The van der Waals surface area contributed by atoms with Crippen LogP contribution in [0.1, 0.15) is 28.4 Å². The zero-order valence-corrected chi connectivity index (χ0v) is 13.3. The summed E-state index contributed by atoms with van der Waals surface area (Å²) in [6, 6.07) is 13.9. The summed E-state index contributed by atoms with van der Waals surface area (Å²) in [5, 5.41) is 13.2. The zero-order chi connectivity index (χ0) is 16.1. The predicted octanol–water partition coefficient (Wildman–Crippen LogP) is 3.07. The summed E-state index contributed by atoms with van der Waals surface area (Å²) in [7, 11) is 0. The Morgan fingerprint density at radius 3 is 2.41 bits per heavy atom. The molecule has 2 aromatic carbocycles. The first-order chi connectivity index (χ1) is 10.4. The van der Waals surface area contributed by atoms with E-state index in [4.69, 9.17) is 5.73 Å². The smallest absolute Gasteiger partial charge is 0.193 e. The highest BCUT2D eigenvalue weighted by molar-refractivity contribution is 5.92. The summed E-state index contributed by atoms with van der Waals surface area (Å²) in [6.45, 7) is 6.29. The number of aliphatic hydroxyl groups excluding tert-OH is 1. The third-order valence-corrected chi connectivity index (χ3v) is 3.36. The van der Waals surface area contributed by atoms with Gasteiger partial charge in [0.1, 0.15) is 0 Å². The molecule has 4 heteroatoms. The van der Waals surface area contributed by atoms with Gasteiger partial charge < -0.3 is 16.2 Å². The second-order valence-corrected chi connectivity index (χ2v) is 5.66. The second-order valence-electron chi connectivity index (χ2n) is 5.66. The van der Waals surface area contributed by atoms with Crippen molar-refractivity contribution in [3.8, 4) is 0 Å². The number of nitrogens with one attached hydrogen (secondary N) is 1. The van der Waals surface area contributed by atoms with Gasteiger partial charge in [0.05, 0.1) is 12.6 Å². The van der Waals surface area contributed by atoms with Crippen molar-refractivity contribution in [1.29, 1.82) is 0 Å². The number of anilines is 1. The summed E-state index contributed by atoms with van der Waals surface area (Å²) in [5.41, 5.74) is 11.1. The molecule has 0 fully saturated rings. The lowest BCUT2D eigenvalue weighted by Gasteiger charge is -2.11. The van der Waals surface area contributed by atoms with Crippen molar-refractivity contribution in [1.82, 2.24) is 0 Å². The Bertz CT molecular complexity index is 660. The number of aryl methyl sites for hydroxylation is 3. The van der Waals surface area contributed by atoms with Crippen LogP contribution >= 0.6 is 0 Å².